The molecule has 5 N–H and O–H groups in total. The van der Waals surface area contributed by atoms with E-state index in [0.29, 0.717) is 19.3 Å². The number of amides is 1. The molecule has 0 bridgehead atoms. The van der Waals surface area contributed by atoms with Crippen molar-refractivity contribution in [2.45, 2.75) is 385 Å². The van der Waals surface area contributed by atoms with E-state index in [2.05, 4.69) is 55.6 Å². The van der Waals surface area contributed by atoms with Gasteiger partial charge in [0, 0.05) is 0 Å². The Kier molecular flexibility index (Phi) is 61.1. The molecule has 0 aliphatic carbocycles. The van der Waals surface area contributed by atoms with Crippen molar-refractivity contribution in [1.82, 2.24) is 5.32 Å². The molecule has 0 spiro atoms. The third-order valence-electron chi connectivity index (χ3n) is 15.8. The van der Waals surface area contributed by atoms with Crippen LogP contribution in [0, 0.1) is 0 Å². The van der Waals surface area contributed by atoms with Gasteiger partial charge in [0.15, 0.2) is 0 Å². The highest BCUT2D eigenvalue weighted by atomic mass is 16.3. The lowest BCUT2D eigenvalue weighted by Gasteiger charge is -2.27. The zero-order valence-electron chi connectivity index (χ0n) is 49.9. The first kappa shape index (κ1) is 72.5. The van der Waals surface area contributed by atoms with Crippen LogP contribution in [-0.4, -0.2) is 57.3 Å². The molecule has 0 radical (unpaired) electrons. The fourth-order valence-electron chi connectivity index (χ4n) is 10.6. The van der Waals surface area contributed by atoms with Gasteiger partial charge in [-0.1, -0.05) is 320 Å². The van der Waals surface area contributed by atoms with Crippen LogP contribution in [0.4, 0.5) is 0 Å². The van der Waals surface area contributed by atoms with E-state index in [1.807, 2.05) is 0 Å². The second-order valence-electron chi connectivity index (χ2n) is 23.2. The molecule has 4 atom stereocenters. The number of carbonyl (C=O) groups is 1. The number of aliphatic hydroxyl groups excluding tert-OH is 4. The monoisotopic (exact) mass is 1040 g/mol. The standard InChI is InChI=1S/C68H131NO5/c1-3-5-7-9-11-13-15-17-19-21-23-25-27-29-31-32-33-34-35-36-38-40-42-44-46-48-50-52-54-56-58-60-62-66(72)68(74)69-64(63-70)67(73)65(71)61-59-57-55-53-51-49-47-45-43-41-39-37-30-28-26-24-22-20-18-16-14-12-10-8-6-4-2/h29,31,45,47,53,55,64-67,70-73H,3-28,30,32-44,46,48-52,54,56-63H2,1-2H3,(H,69,74)/b31-29-,47-45+,55-53+. The van der Waals surface area contributed by atoms with Crippen LogP contribution in [0.25, 0.3) is 0 Å². The van der Waals surface area contributed by atoms with Gasteiger partial charge >= 0.3 is 0 Å². The summed E-state index contributed by atoms with van der Waals surface area (Å²) in [5.74, 6) is -0.592. The Morgan fingerprint density at radius 2 is 0.568 bits per heavy atom. The van der Waals surface area contributed by atoms with Crippen LogP contribution < -0.4 is 5.32 Å². The molecule has 0 aromatic carbocycles. The van der Waals surface area contributed by atoms with E-state index in [1.165, 1.54) is 289 Å². The van der Waals surface area contributed by atoms with Gasteiger partial charge in [-0.2, -0.15) is 0 Å². The minimum Gasteiger partial charge on any atom is -0.394 e. The summed E-state index contributed by atoms with van der Waals surface area (Å²) in [6.07, 6.45) is 79.7. The maximum Gasteiger partial charge on any atom is 0.249 e. The zero-order chi connectivity index (χ0) is 53.7. The highest BCUT2D eigenvalue weighted by Crippen LogP contribution is 2.18. The lowest BCUT2D eigenvalue weighted by Crippen LogP contribution is -2.53. The van der Waals surface area contributed by atoms with Gasteiger partial charge in [0.2, 0.25) is 5.91 Å². The quantitative estimate of drug-likeness (QED) is 0.0308. The van der Waals surface area contributed by atoms with Crippen molar-refractivity contribution in [3.63, 3.8) is 0 Å². The Hall–Kier alpha value is -1.47. The highest BCUT2D eigenvalue weighted by Gasteiger charge is 2.28. The molecule has 4 unspecified atom stereocenters. The van der Waals surface area contributed by atoms with Crippen molar-refractivity contribution >= 4 is 5.91 Å². The van der Waals surface area contributed by atoms with E-state index in [-0.39, 0.29) is 0 Å². The molecule has 0 saturated heterocycles. The van der Waals surface area contributed by atoms with Gasteiger partial charge in [0.25, 0.3) is 0 Å². The average molecular weight is 1040 g/mol. The van der Waals surface area contributed by atoms with Crippen LogP contribution in [0.3, 0.4) is 0 Å². The number of rotatable bonds is 62. The zero-order valence-corrected chi connectivity index (χ0v) is 49.9. The molecule has 438 valence electrons. The summed E-state index contributed by atoms with van der Waals surface area (Å²) in [7, 11) is 0. The molecule has 74 heavy (non-hydrogen) atoms. The van der Waals surface area contributed by atoms with Crippen molar-refractivity contribution in [1.29, 1.82) is 0 Å². The summed E-state index contributed by atoms with van der Waals surface area (Å²) >= 11 is 0. The number of hydrogen-bond donors (Lipinski definition) is 5. The van der Waals surface area contributed by atoms with Crippen molar-refractivity contribution in [2.24, 2.45) is 0 Å². The molecular formula is C68H131NO5. The lowest BCUT2D eigenvalue weighted by atomic mass is 10.00. The summed E-state index contributed by atoms with van der Waals surface area (Å²) < 4.78 is 0. The summed E-state index contributed by atoms with van der Waals surface area (Å²) in [4.78, 5) is 12.6. The first-order chi connectivity index (χ1) is 36.5. The predicted octanol–water partition coefficient (Wildman–Crippen LogP) is 20.3. The van der Waals surface area contributed by atoms with Crippen LogP contribution in [0.1, 0.15) is 361 Å². The summed E-state index contributed by atoms with van der Waals surface area (Å²) in [6, 6.07) is -1.01. The number of allylic oxidation sites excluding steroid dienone is 6. The number of nitrogens with one attached hydrogen (secondary N) is 1. The van der Waals surface area contributed by atoms with Gasteiger partial charge in [0.05, 0.1) is 18.8 Å². The number of hydrogen-bond acceptors (Lipinski definition) is 5. The summed E-state index contributed by atoms with van der Waals surface area (Å²) in [5.41, 5.74) is 0. The van der Waals surface area contributed by atoms with E-state index < -0.39 is 36.9 Å². The van der Waals surface area contributed by atoms with Crippen LogP contribution in [0.2, 0.25) is 0 Å². The number of unbranched alkanes of at least 4 members (excludes halogenated alkanes) is 47. The van der Waals surface area contributed by atoms with Crippen molar-refractivity contribution in [3.8, 4) is 0 Å². The van der Waals surface area contributed by atoms with E-state index in [4.69, 9.17) is 0 Å². The fourth-order valence-corrected chi connectivity index (χ4v) is 10.6. The molecule has 1 amide bonds. The minimum absolute atomic E-state index is 0.362. The van der Waals surface area contributed by atoms with E-state index in [0.717, 1.165) is 38.5 Å². The Labute approximate surface area is 462 Å². The van der Waals surface area contributed by atoms with E-state index in [9.17, 15) is 25.2 Å². The molecule has 0 rings (SSSR count). The Balaban J connectivity index is 3.60. The molecule has 0 aliphatic rings. The Morgan fingerprint density at radius 1 is 0.324 bits per heavy atom. The topological polar surface area (TPSA) is 110 Å². The van der Waals surface area contributed by atoms with Crippen molar-refractivity contribution in [2.75, 3.05) is 6.61 Å². The number of aliphatic hydroxyl groups is 4. The van der Waals surface area contributed by atoms with Gasteiger partial charge in [-0.05, 0) is 77.0 Å². The lowest BCUT2D eigenvalue weighted by molar-refractivity contribution is -0.132. The van der Waals surface area contributed by atoms with Crippen molar-refractivity contribution in [3.05, 3.63) is 36.5 Å². The van der Waals surface area contributed by atoms with Crippen molar-refractivity contribution < 1.29 is 25.2 Å². The van der Waals surface area contributed by atoms with Crippen LogP contribution in [0.15, 0.2) is 36.5 Å². The van der Waals surface area contributed by atoms with Crippen LogP contribution >= 0.6 is 0 Å². The largest absolute Gasteiger partial charge is 0.394 e. The van der Waals surface area contributed by atoms with E-state index >= 15 is 0 Å². The maximum atomic E-state index is 12.6. The first-order valence-electron chi connectivity index (χ1n) is 33.4. The second kappa shape index (κ2) is 62.4. The van der Waals surface area contributed by atoms with Gasteiger partial charge in [-0.3, -0.25) is 4.79 Å². The Morgan fingerprint density at radius 3 is 0.851 bits per heavy atom. The molecule has 0 heterocycles. The third kappa shape index (κ3) is 55.3. The molecule has 0 fully saturated rings. The number of carbonyl (C=O) groups excluding carboxylic acids is 1. The SMILES string of the molecule is CCCCCCCCCCCCCC/C=C\CCCCCCCCCCCCCCCCCCC(O)C(=O)NC(CO)C(O)C(O)CCC/C=C/CC/C=C/CCCCCCCCCCCCCCCCCCC. The fraction of sp³-hybridized carbons (Fsp3) is 0.897. The van der Waals surface area contributed by atoms with Gasteiger partial charge in [0.1, 0.15) is 12.2 Å². The molecule has 0 aromatic heterocycles. The van der Waals surface area contributed by atoms with Crippen LogP contribution in [0.5, 0.6) is 0 Å². The summed E-state index contributed by atoms with van der Waals surface area (Å²) in [5, 5.41) is 44.1. The highest BCUT2D eigenvalue weighted by molar-refractivity contribution is 5.80. The van der Waals surface area contributed by atoms with Gasteiger partial charge < -0.3 is 25.7 Å². The molecule has 6 nitrogen and oxygen atoms in total. The Bertz CT molecular complexity index is 1170. The molecule has 0 aromatic rings. The van der Waals surface area contributed by atoms with Crippen LogP contribution in [-0.2, 0) is 4.79 Å². The normalized spacial score (nSPS) is 13.8. The smallest absolute Gasteiger partial charge is 0.249 e. The summed E-state index contributed by atoms with van der Waals surface area (Å²) in [6.45, 7) is 4.09. The molecular weight excluding hydrogens is 911 g/mol. The van der Waals surface area contributed by atoms with E-state index in [1.54, 1.807) is 0 Å². The van der Waals surface area contributed by atoms with Gasteiger partial charge in [-0.15, -0.1) is 0 Å². The molecule has 0 aliphatic heterocycles. The first-order valence-corrected chi connectivity index (χ1v) is 33.4. The minimum atomic E-state index is -1.29. The second-order valence-corrected chi connectivity index (χ2v) is 23.2. The third-order valence-corrected chi connectivity index (χ3v) is 15.8. The average Bonchev–Trinajstić information content (AvgIpc) is 3.41. The molecule has 0 saturated carbocycles. The molecule has 6 heteroatoms. The predicted molar refractivity (Wildman–Crippen MR) is 325 cm³/mol. The van der Waals surface area contributed by atoms with Gasteiger partial charge in [-0.25, -0.2) is 0 Å². The maximum absolute atomic E-state index is 12.6.